The third kappa shape index (κ3) is 6.28. The normalized spacial score (nSPS) is 14.7. The fourth-order valence-corrected chi connectivity index (χ4v) is 4.66. The number of rotatable bonds is 8. The lowest BCUT2D eigenvalue weighted by atomic mass is 10.0. The molecule has 1 aromatic carbocycles. The van der Waals surface area contributed by atoms with Crippen molar-refractivity contribution >= 4 is 21.9 Å². The summed E-state index contributed by atoms with van der Waals surface area (Å²) in [6, 6.07) is 9.25. The molecule has 0 bridgehead atoms. The van der Waals surface area contributed by atoms with Gasteiger partial charge in [-0.1, -0.05) is 17.8 Å². The fraction of sp³-hybridized carbons (Fsp3) is 0.381. The van der Waals surface area contributed by atoms with E-state index in [1.54, 1.807) is 30.2 Å². The van der Waals surface area contributed by atoms with E-state index in [1.165, 1.54) is 5.56 Å². The van der Waals surface area contributed by atoms with Gasteiger partial charge in [0.15, 0.2) is 0 Å². The summed E-state index contributed by atoms with van der Waals surface area (Å²) in [5.41, 5.74) is 3.28. The molecule has 0 aliphatic carbocycles. The van der Waals surface area contributed by atoms with Crippen molar-refractivity contribution in [1.29, 1.82) is 0 Å². The van der Waals surface area contributed by atoms with Gasteiger partial charge in [0, 0.05) is 36.8 Å². The van der Waals surface area contributed by atoms with Gasteiger partial charge in [0.1, 0.15) is 5.75 Å². The first-order valence-corrected chi connectivity index (χ1v) is 12.9. The van der Waals surface area contributed by atoms with E-state index in [-0.39, 0.29) is 0 Å². The molecule has 10 heteroatoms. The average molecular weight is 461 g/mol. The van der Waals surface area contributed by atoms with Gasteiger partial charge >= 0.3 is 10.1 Å². The van der Waals surface area contributed by atoms with E-state index in [4.69, 9.17) is 8.60 Å². The summed E-state index contributed by atoms with van der Waals surface area (Å²) in [6.45, 7) is 2.91. The van der Waals surface area contributed by atoms with Crippen LogP contribution in [0.4, 0.5) is 0 Å². The van der Waals surface area contributed by atoms with E-state index in [1.807, 2.05) is 24.3 Å². The highest BCUT2D eigenvalue weighted by molar-refractivity contribution is 7.99. The highest BCUT2D eigenvalue weighted by Crippen LogP contribution is 2.25. The summed E-state index contributed by atoms with van der Waals surface area (Å²) in [7, 11) is -3.51. The van der Waals surface area contributed by atoms with Crippen molar-refractivity contribution in [2.75, 3.05) is 31.6 Å². The molecule has 2 aromatic heterocycles. The molecule has 4 rings (SSSR count). The molecule has 0 amide bonds. The first-order valence-electron chi connectivity index (χ1n) is 10.1. The number of aromatic nitrogens is 3. The summed E-state index contributed by atoms with van der Waals surface area (Å²) in [4.78, 5) is 6.43. The van der Waals surface area contributed by atoms with Crippen LogP contribution < -0.4 is 4.18 Å². The number of benzene rings is 1. The maximum atomic E-state index is 11.4. The van der Waals surface area contributed by atoms with Gasteiger partial charge in [-0.25, -0.2) is 0 Å². The van der Waals surface area contributed by atoms with E-state index in [9.17, 15) is 8.42 Å². The lowest BCUT2D eigenvalue weighted by molar-refractivity contribution is 0.289. The minimum absolute atomic E-state index is 0.386. The first-order chi connectivity index (χ1) is 15.0. The second-order valence-corrected chi connectivity index (χ2v) is 9.99. The van der Waals surface area contributed by atoms with Crippen molar-refractivity contribution in [1.82, 2.24) is 20.1 Å². The number of thioether (sulfide) groups is 1. The molecule has 8 nitrogen and oxygen atoms in total. The molecule has 0 radical (unpaired) electrons. The molecule has 0 atom stereocenters. The Morgan fingerprint density at radius 3 is 2.65 bits per heavy atom. The average Bonchev–Trinajstić information content (AvgIpc) is 3.12. The summed E-state index contributed by atoms with van der Waals surface area (Å²) in [5, 5.41) is 8.78. The van der Waals surface area contributed by atoms with Crippen molar-refractivity contribution in [3.05, 3.63) is 53.9 Å². The molecule has 31 heavy (non-hydrogen) atoms. The number of pyridine rings is 1. The Hall–Kier alpha value is -2.43. The maximum Gasteiger partial charge on any atom is 0.306 e. The van der Waals surface area contributed by atoms with Crippen LogP contribution in [0.3, 0.4) is 0 Å². The van der Waals surface area contributed by atoms with Gasteiger partial charge in [0.2, 0.25) is 5.89 Å². The lowest BCUT2D eigenvalue weighted by Gasteiger charge is -2.19. The quantitative estimate of drug-likeness (QED) is 0.285. The zero-order valence-electron chi connectivity index (χ0n) is 17.2. The van der Waals surface area contributed by atoms with Crippen molar-refractivity contribution < 1.29 is 17.0 Å². The van der Waals surface area contributed by atoms with Gasteiger partial charge in [-0.15, -0.1) is 10.2 Å². The van der Waals surface area contributed by atoms with E-state index < -0.39 is 10.1 Å². The fourth-order valence-electron chi connectivity index (χ4n) is 3.52. The van der Waals surface area contributed by atoms with Crippen molar-refractivity contribution in [3.8, 4) is 17.2 Å². The van der Waals surface area contributed by atoms with Gasteiger partial charge in [0.25, 0.3) is 5.22 Å². The molecule has 0 saturated heterocycles. The maximum absolute atomic E-state index is 11.4. The SMILES string of the molecule is CS(=O)(=O)Oc1ccc2c(c1)CCN(CCCSc1nnc(-c3ccncc3)o1)CC2. The molecule has 3 heterocycles. The van der Waals surface area contributed by atoms with E-state index >= 15 is 0 Å². The second-order valence-electron chi connectivity index (χ2n) is 7.37. The molecule has 0 fully saturated rings. The minimum Gasteiger partial charge on any atom is -0.411 e. The number of hydrogen-bond acceptors (Lipinski definition) is 9. The molecule has 0 N–H and O–H groups in total. The van der Waals surface area contributed by atoms with Crippen molar-refractivity contribution in [2.45, 2.75) is 24.5 Å². The minimum atomic E-state index is -3.51. The van der Waals surface area contributed by atoms with Crippen molar-refractivity contribution in [3.63, 3.8) is 0 Å². The Labute approximate surface area is 186 Å². The van der Waals surface area contributed by atoms with Gasteiger partial charge in [-0.3, -0.25) is 4.98 Å². The van der Waals surface area contributed by atoms with Crippen LogP contribution in [0.1, 0.15) is 17.5 Å². The van der Waals surface area contributed by atoms with Crippen LogP contribution in [0, 0.1) is 0 Å². The van der Waals surface area contributed by atoms with E-state index in [0.717, 1.165) is 62.0 Å². The highest BCUT2D eigenvalue weighted by atomic mass is 32.2. The molecular weight excluding hydrogens is 436 g/mol. The molecule has 0 unspecified atom stereocenters. The van der Waals surface area contributed by atoms with Crippen LogP contribution in [0.5, 0.6) is 5.75 Å². The van der Waals surface area contributed by atoms with Crippen LogP contribution in [0.25, 0.3) is 11.5 Å². The van der Waals surface area contributed by atoms with Gasteiger partial charge < -0.3 is 13.5 Å². The summed E-state index contributed by atoms with van der Waals surface area (Å²) < 4.78 is 33.5. The van der Waals surface area contributed by atoms with Gasteiger partial charge in [0.05, 0.1) is 6.26 Å². The Kier molecular flexibility index (Phi) is 6.89. The Morgan fingerprint density at radius 2 is 1.87 bits per heavy atom. The van der Waals surface area contributed by atoms with Crippen molar-refractivity contribution in [2.24, 2.45) is 0 Å². The van der Waals surface area contributed by atoms with Crippen LogP contribution in [-0.4, -0.2) is 60.1 Å². The predicted octanol–water partition coefficient (Wildman–Crippen LogP) is 3.05. The molecule has 0 saturated carbocycles. The lowest BCUT2D eigenvalue weighted by Crippen LogP contribution is -2.27. The van der Waals surface area contributed by atoms with Gasteiger partial charge in [-0.2, -0.15) is 8.42 Å². The third-order valence-corrected chi connectivity index (χ3v) is 6.40. The Morgan fingerprint density at radius 1 is 1.10 bits per heavy atom. The number of fused-ring (bicyclic) bond motifs is 1. The largest absolute Gasteiger partial charge is 0.411 e. The smallest absolute Gasteiger partial charge is 0.306 e. The third-order valence-electron chi connectivity index (χ3n) is 5.00. The predicted molar refractivity (Wildman–Crippen MR) is 119 cm³/mol. The monoisotopic (exact) mass is 460 g/mol. The molecule has 0 spiro atoms. The summed E-state index contributed by atoms with van der Waals surface area (Å²) >= 11 is 1.57. The molecule has 164 valence electrons. The van der Waals surface area contributed by atoms with E-state index in [0.29, 0.717) is 16.9 Å². The molecule has 3 aromatic rings. The molecule has 1 aliphatic rings. The topological polar surface area (TPSA) is 98.4 Å². The standard InChI is InChI=1S/C21H24N4O4S2/c1-31(26,27)29-19-4-3-16-7-12-25(13-8-18(16)15-19)11-2-14-30-21-24-23-20(28-21)17-5-9-22-10-6-17/h3-6,9-10,15H,2,7-8,11-14H2,1H3. The number of nitrogens with zero attached hydrogens (tertiary/aromatic N) is 4. The molecule has 1 aliphatic heterocycles. The second kappa shape index (κ2) is 9.80. The van der Waals surface area contributed by atoms with Crippen LogP contribution in [0.15, 0.2) is 52.4 Å². The summed E-state index contributed by atoms with van der Waals surface area (Å²) in [6.07, 6.45) is 7.29. The van der Waals surface area contributed by atoms with Crippen LogP contribution >= 0.6 is 11.8 Å². The Bertz CT molecular complexity index is 1120. The Balaban J connectivity index is 1.23. The van der Waals surface area contributed by atoms with E-state index in [2.05, 4.69) is 20.1 Å². The van der Waals surface area contributed by atoms with Gasteiger partial charge in [-0.05, 0) is 61.2 Å². The zero-order chi connectivity index (χ0) is 21.7. The van der Waals surface area contributed by atoms with Crippen LogP contribution in [-0.2, 0) is 23.0 Å². The number of hydrogen-bond donors (Lipinski definition) is 0. The highest BCUT2D eigenvalue weighted by Gasteiger charge is 2.16. The zero-order valence-corrected chi connectivity index (χ0v) is 18.9. The summed E-state index contributed by atoms with van der Waals surface area (Å²) in [5.74, 6) is 1.79. The van der Waals surface area contributed by atoms with Crippen LogP contribution in [0.2, 0.25) is 0 Å². The first kappa shape index (κ1) is 21.8. The molecular formula is C21H24N4O4S2.